The minimum Gasteiger partial charge on any atom is -0.388 e. The lowest BCUT2D eigenvalue weighted by Gasteiger charge is -2.37. The molecule has 2 aromatic rings. The number of benzene rings is 1. The lowest BCUT2D eigenvalue weighted by atomic mass is 9.72. The number of hydrogen-bond acceptors (Lipinski definition) is 3. The van der Waals surface area contributed by atoms with Gasteiger partial charge >= 0.3 is 6.18 Å². The van der Waals surface area contributed by atoms with E-state index in [1.807, 2.05) is 6.92 Å². The van der Waals surface area contributed by atoms with Gasteiger partial charge in [-0.05, 0) is 61.3 Å². The maximum absolute atomic E-state index is 13.0. The molecule has 3 nitrogen and oxygen atoms in total. The van der Waals surface area contributed by atoms with Gasteiger partial charge in [0.15, 0.2) is 0 Å². The molecule has 2 aliphatic carbocycles. The smallest absolute Gasteiger partial charge is 0.388 e. The molecule has 0 bridgehead atoms. The van der Waals surface area contributed by atoms with Crippen LogP contribution in [0.1, 0.15) is 103 Å². The van der Waals surface area contributed by atoms with E-state index in [1.54, 1.807) is 0 Å². The highest BCUT2D eigenvalue weighted by Crippen LogP contribution is 2.46. The standard InChI is InChI=1S/C25H30F3NO2/c1-14-20-18(12-24(2,3)13-19(20)30)29-22(15-6-4-5-7-15)21(14)23(31)16-8-10-17(11-9-16)25(26,27)28/h8-11,15,19,23,30-31H,4-7,12-13H2,1-3H3/t19?,23-/m0/s1. The first-order valence-corrected chi connectivity index (χ1v) is 11.0. The summed E-state index contributed by atoms with van der Waals surface area (Å²) in [4.78, 5) is 5.01. The fourth-order valence-corrected chi connectivity index (χ4v) is 5.42. The molecule has 0 spiro atoms. The van der Waals surface area contributed by atoms with E-state index < -0.39 is 23.9 Å². The molecular formula is C25H30F3NO2. The Morgan fingerprint density at radius 2 is 1.71 bits per heavy atom. The number of aliphatic hydroxyl groups is 2. The Morgan fingerprint density at radius 3 is 2.29 bits per heavy atom. The SMILES string of the molecule is Cc1c2c(nc(C3CCCC3)c1[C@@H](O)c1ccc(C(F)(F)F)cc1)CC(C)(C)CC2O. The third-order valence-electron chi connectivity index (χ3n) is 6.94. The van der Waals surface area contributed by atoms with Gasteiger partial charge in [0.1, 0.15) is 6.10 Å². The Labute approximate surface area is 181 Å². The van der Waals surface area contributed by atoms with Gasteiger partial charge in [-0.2, -0.15) is 13.2 Å². The van der Waals surface area contributed by atoms with Crippen LogP contribution in [0.4, 0.5) is 13.2 Å². The fourth-order valence-electron chi connectivity index (χ4n) is 5.42. The molecule has 1 saturated carbocycles. The highest BCUT2D eigenvalue weighted by atomic mass is 19.4. The molecule has 4 rings (SSSR count). The molecule has 2 N–H and O–H groups in total. The minimum absolute atomic E-state index is 0.0631. The minimum atomic E-state index is -4.42. The Balaban J connectivity index is 1.83. The first kappa shape index (κ1) is 22.3. The molecular weight excluding hydrogens is 403 g/mol. The van der Waals surface area contributed by atoms with Crippen molar-refractivity contribution in [3.8, 4) is 0 Å². The summed E-state index contributed by atoms with van der Waals surface area (Å²) in [5.41, 5.74) is 3.61. The van der Waals surface area contributed by atoms with Gasteiger partial charge < -0.3 is 10.2 Å². The first-order valence-electron chi connectivity index (χ1n) is 11.0. The molecule has 6 heteroatoms. The summed E-state index contributed by atoms with van der Waals surface area (Å²) in [5, 5.41) is 22.2. The van der Waals surface area contributed by atoms with Crippen LogP contribution in [-0.4, -0.2) is 15.2 Å². The number of halogens is 3. The van der Waals surface area contributed by atoms with E-state index in [0.717, 1.165) is 66.8 Å². The number of rotatable bonds is 3. The van der Waals surface area contributed by atoms with Crippen LogP contribution in [0.15, 0.2) is 24.3 Å². The van der Waals surface area contributed by atoms with Gasteiger partial charge in [-0.25, -0.2) is 0 Å². The third-order valence-corrected chi connectivity index (χ3v) is 6.94. The van der Waals surface area contributed by atoms with Crippen molar-refractivity contribution in [2.24, 2.45) is 5.41 Å². The normalized spacial score (nSPS) is 22.4. The molecule has 1 fully saturated rings. The fraction of sp³-hybridized carbons (Fsp3) is 0.560. The molecule has 31 heavy (non-hydrogen) atoms. The van der Waals surface area contributed by atoms with Gasteiger partial charge in [0, 0.05) is 22.7 Å². The van der Waals surface area contributed by atoms with Crippen LogP contribution in [0, 0.1) is 12.3 Å². The number of nitrogens with zero attached hydrogens (tertiary/aromatic N) is 1. The molecule has 0 amide bonds. The largest absolute Gasteiger partial charge is 0.416 e. The summed E-state index contributed by atoms with van der Waals surface area (Å²) in [6, 6.07) is 4.69. The molecule has 1 heterocycles. The molecule has 1 aromatic carbocycles. The van der Waals surface area contributed by atoms with E-state index in [9.17, 15) is 23.4 Å². The molecule has 0 aliphatic heterocycles. The first-order chi connectivity index (χ1) is 14.5. The molecule has 2 aliphatic rings. The monoisotopic (exact) mass is 433 g/mol. The van der Waals surface area contributed by atoms with Crippen molar-refractivity contribution < 1.29 is 23.4 Å². The van der Waals surface area contributed by atoms with Crippen molar-refractivity contribution in [1.82, 2.24) is 4.98 Å². The Bertz CT molecular complexity index is 960. The van der Waals surface area contributed by atoms with Crippen LogP contribution in [0.2, 0.25) is 0 Å². The molecule has 1 aromatic heterocycles. The number of aromatic nitrogens is 1. The van der Waals surface area contributed by atoms with Crippen molar-refractivity contribution in [3.63, 3.8) is 0 Å². The zero-order valence-corrected chi connectivity index (χ0v) is 18.3. The van der Waals surface area contributed by atoms with E-state index in [0.29, 0.717) is 17.5 Å². The summed E-state index contributed by atoms with van der Waals surface area (Å²) >= 11 is 0. The van der Waals surface area contributed by atoms with Crippen LogP contribution in [-0.2, 0) is 12.6 Å². The summed E-state index contributed by atoms with van der Waals surface area (Å²) < 4.78 is 38.9. The van der Waals surface area contributed by atoms with Crippen LogP contribution in [0.25, 0.3) is 0 Å². The molecule has 168 valence electrons. The molecule has 1 unspecified atom stereocenters. The second-order valence-corrected chi connectivity index (χ2v) is 9.96. The van der Waals surface area contributed by atoms with Gasteiger partial charge in [0.2, 0.25) is 0 Å². The zero-order valence-electron chi connectivity index (χ0n) is 18.3. The van der Waals surface area contributed by atoms with Crippen LogP contribution in [0.3, 0.4) is 0 Å². The number of hydrogen-bond donors (Lipinski definition) is 2. The summed E-state index contributed by atoms with van der Waals surface area (Å²) in [5.74, 6) is 0.227. The molecule has 0 saturated heterocycles. The number of alkyl halides is 3. The molecule has 0 radical (unpaired) electrons. The Kier molecular flexibility index (Phi) is 5.67. The lowest BCUT2D eigenvalue weighted by molar-refractivity contribution is -0.137. The topological polar surface area (TPSA) is 53.4 Å². The summed E-state index contributed by atoms with van der Waals surface area (Å²) in [6.45, 7) is 6.15. The van der Waals surface area contributed by atoms with E-state index in [1.165, 1.54) is 12.1 Å². The number of fused-ring (bicyclic) bond motifs is 1. The quantitative estimate of drug-likeness (QED) is 0.610. The number of aliphatic hydroxyl groups excluding tert-OH is 2. The lowest BCUT2D eigenvalue weighted by Crippen LogP contribution is -2.29. The van der Waals surface area contributed by atoms with Crippen molar-refractivity contribution >= 4 is 0 Å². The van der Waals surface area contributed by atoms with Crippen LogP contribution >= 0.6 is 0 Å². The second-order valence-electron chi connectivity index (χ2n) is 9.96. The van der Waals surface area contributed by atoms with Crippen molar-refractivity contribution in [2.45, 2.75) is 83.6 Å². The van der Waals surface area contributed by atoms with E-state index in [-0.39, 0.29) is 11.3 Å². The van der Waals surface area contributed by atoms with Crippen LogP contribution in [0.5, 0.6) is 0 Å². The summed E-state index contributed by atoms with van der Waals surface area (Å²) in [6.07, 6.45) is -0.608. The van der Waals surface area contributed by atoms with Gasteiger partial charge in [0.25, 0.3) is 0 Å². The van der Waals surface area contributed by atoms with E-state index in [2.05, 4.69) is 13.8 Å². The maximum Gasteiger partial charge on any atom is 0.416 e. The highest BCUT2D eigenvalue weighted by Gasteiger charge is 2.37. The van der Waals surface area contributed by atoms with Crippen molar-refractivity contribution in [1.29, 1.82) is 0 Å². The predicted molar refractivity (Wildman–Crippen MR) is 113 cm³/mol. The van der Waals surface area contributed by atoms with E-state index in [4.69, 9.17) is 4.98 Å². The second kappa shape index (κ2) is 7.89. The Morgan fingerprint density at radius 1 is 1.10 bits per heavy atom. The average Bonchev–Trinajstić information content (AvgIpc) is 3.20. The van der Waals surface area contributed by atoms with Gasteiger partial charge in [-0.3, -0.25) is 4.98 Å². The predicted octanol–water partition coefficient (Wildman–Crippen LogP) is 6.15. The van der Waals surface area contributed by atoms with Gasteiger partial charge in [-0.15, -0.1) is 0 Å². The highest BCUT2D eigenvalue weighted by molar-refractivity contribution is 5.48. The van der Waals surface area contributed by atoms with Crippen molar-refractivity contribution in [3.05, 3.63) is 63.5 Å². The third kappa shape index (κ3) is 4.24. The maximum atomic E-state index is 13.0. The zero-order chi connectivity index (χ0) is 22.6. The summed E-state index contributed by atoms with van der Waals surface area (Å²) in [7, 11) is 0. The van der Waals surface area contributed by atoms with Gasteiger partial charge in [0.05, 0.1) is 17.4 Å². The van der Waals surface area contributed by atoms with E-state index >= 15 is 0 Å². The Hall–Kier alpha value is -1.92. The van der Waals surface area contributed by atoms with Crippen LogP contribution < -0.4 is 0 Å². The molecule has 2 atom stereocenters. The van der Waals surface area contributed by atoms with Crippen molar-refractivity contribution in [2.75, 3.05) is 0 Å². The average molecular weight is 434 g/mol. The van der Waals surface area contributed by atoms with Gasteiger partial charge in [-0.1, -0.05) is 38.8 Å². The number of pyridine rings is 1.